The van der Waals surface area contributed by atoms with Gasteiger partial charge in [-0.2, -0.15) is 0 Å². The molecule has 2 N–H and O–H groups in total. The number of aliphatic hydroxyl groups excluding tert-OH is 1. The van der Waals surface area contributed by atoms with Crippen LogP contribution in [0, 0.1) is 29.6 Å². The van der Waals surface area contributed by atoms with E-state index in [2.05, 4.69) is 19.2 Å². The summed E-state index contributed by atoms with van der Waals surface area (Å²) in [6.07, 6.45) is 8.45. The summed E-state index contributed by atoms with van der Waals surface area (Å²) in [6.45, 7) is 4.80. The van der Waals surface area contributed by atoms with Crippen molar-refractivity contribution in [2.45, 2.75) is 64.5 Å². The average Bonchev–Trinajstić information content (AvgIpc) is 2.98. The molecular formula is C16H29NO. The van der Waals surface area contributed by atoms with E-state index in [4.69, 9.17) is 0 Å². The molecule has 0 spiro atoms. The van der Waals surface area contributed by atoms with E-state index in [-0.39, 0.29) is 0 Å². The van der Waals surface area contributed by atoms with Gasteiger partial charge in [0.1, 0.15) is 0 Å². The number of rotatable bonds is 5. The zero-order chi connectivity index (χ0) is 12.7. The zero-order valence-corrected chi connectivity index (χ0v) is 11.9. The SMILES string of the molecule is CC(C)CC(CO)NC1CC2CC1C1CCCC21. The first-order valence-corrected chi connectivity index (χ1v) is 8.06. The molecule has 0 saturated heterocycles. The fourth-order valence-electron chi connectivity index (χ4n) is 5.33. The molecule has 3 rings (SSSR count). The van der Waals surface area contributed by atoms with Crippen LogP contribution >= 0.6 is 0 Å². The van der Waals surface area contributed by atoms with Gasteiger partial charge < -0.3 is 10.4 Å². The predicted octanol–water partition coefficient (Wildman–Crippen LogP) is 2.81. The Hall–Kier alpha value is -0.0800. The maximum Gasteiger partial charge on any atom is 0.0584 e. The number of hydrogen-bond donors (Lipinski definition) is 2. The van der Waals surface area contributed by atoms with Gasteiger partial charge in [-0.15, -0.1) is 0 Å². The van der Waals surface area contributed by atoms with Crippen LogP contribution in [-0.4, -0.2) is 23.8 Å². The second-order valence-corrected chi connectivity index (χ2v) is 7.44. The summed E-state index contributed by atoms with van der Waals surface area (Å²) >= 11 is 0. The molecule has 2 bridgehead atoms. The maximum atomic E-state index is 9.53. The van der Waals surface area contributed by atoms with E-state index in [1.54, 1.807) is 0 Å². The molecule has 18 heavy (non-hydrogen) atoms. The van der Waals surface area contributed by atoms with Crippen LogP contribution in [0.5, 0.6) is 0 Å². The summed E-state index contributed by atoms with van der Waals surface area (Å²) in [4.78, 5) is 0. The van der Waals surface area contributed by atoms with Crippen molar-refractivity contribution >= 4 is 0 Å². The first kappa shape index (κ1) is 12.9. The topological polar surface area (TPSA) is 32.3 Å². The van der Waals surface area contributed by atoms with Gasteiger partial charge in [-0.3, -0.25) is 0 Å². The molecule has 3 saturated carbocycles. The van der Waals surface area contributed by atoms with E-state index in [9.17, 15) is 5.11 Å². The summed E-state index contributed by atoms with van der Waals surface area (Å²) in [5.74, 6) is 4.72. The van der Waals surface area contributed by atoms with Gasteiger partial charge in [0.25, 0.3) is 0 Å². The average molecular weight is 251 g/mol. The Labute approximate surface area is 112 Å². The lowest BCUT2D eigenvalue weighted by Crippen LogP contribution is -2.46. The molecule has 0 aliphatic heterocycles. The van der Waals surface area contributed by atoms with Gasteiger partial charge in [-0.1, -0.05) is 20.3 Å². The van der Waals surface area contributed by atoms with Crippen molar-refractivity contribution in [3.63, 3.8) is 0 Å². The quantitative estimate of drug-likeness (QED) is 0.787. The molecule has 3 aliphatic rings. The third kappa shape index (κ3) is 2.22. The smallest absolute Gasteiger partial charge is 0.0584 e. The molecule has 3 aliphatic carbocycles. The Morgan fingerprint density at radius 3 is 2.61 bits per heavy atom. The molecule has 0 aromatic rings. The Morgan fingerprint density at radius 1 is 1.11 bits per heavy atom. The minimum atomic E-state index is 0.306. The van der Waals surface area contributed by atoms with E-state index in [1.807, 2.05) is 0 Å². The van der Waals surface area contributed by atoms with Crippen molar-refractivity contribution < 1.29 is 5.11 Å². The van der Waals surface area contributed by atoms with E-state index in [0.717, 1.165) is 30.1 Å². The molecule has 6 atom stereocenters. The summed E-state index contributed by atoms with van der Waals surface area (Å²) in [7, 11) is 0. The number of aliphatic hydroxyl groups is 1. The van der Waals surface area contributed by atoms with Crippen molar-refractivity contribution in [2.24, 2.45) is 29.6 Å². The fourth-order valence-corrected chi connectivity index (χ4v) is 5.33. The summed E-state index contributed by atoms with van der Waals surface area (Å²) in [5.41, 5.74) is 0. The normalized spacial score (nSPS) is 43.7. The minimum Gasteiger partial charge on any atom is -0.395 e. The van der Waals surface area contributed by atoms with Crippen LogP contribution < -0.4 is 5.32 Å². The van der Waals surface area contributed by atoms with Gasteiger partial charge in [-0.05, 0) is 61.7 Å². The van der Waals surface area contributed by atoms with E-state index < -0.39 is 0 Å². The van der Waals surface area contributed by atoms with E-state index >= 15 is 0 Å². The number of fused-ring (bicyclic) bond motifs is 5. The lowest BCUT2D eigenvalue weighted by atomic mass is 9.79. The molecular weight excluding hydrogens is 222 g/mol. The molecule has 2 nitrogen and oxygen atoms in total. The van der Waals surface area contributed by atoms with Gasteiger partial charge in [0.15, 0.2) is 0 Å². The van der Waals surface area contributed by atoms with Gasteiger partial charge in [0.05, 0.1) is 6.61 Å². The Bertz CT molecular complexity index is 291. The van der Waals surface area contributed by atoms with Crippen LogP contribution in [0.2, 0.25) is 0 Å². The molecule has 3 fully saturated rings. The van der Waals surface area contributed by atoms with Gasteiger partial charge in [0, 0.05) is 12.1 Å². The lowest BCUT2D eigenvalue weighted by molar-refractivity contribution is 0.161. The van der Waals surface area contributed by atoms with Gasteiger partial charge in [-0.25, -0.2) is 0 Å². The third-order valence-electron chi connectivity index (χ3n) is 5.85. The van der Waals surface area contributed by atoms with Crippen LogP contribution in [0.15, 0.2) is 0 Å². The van der Waals surface area contributed by atoms with Crippen molar-refractivity contribution in [2.75, 3.05) is 6.61 Å². The number of nitrogens with one attached hydrogen (secondary N) is 1. The van der Waals surface area contributed by atoms with Crippen molar-refractivity contribution in [3.05, 3.63) is 0 Å². The summed E-state index contributed by atoms with van der Waals surface area (Å²) in [5, 5.41) is 13.3. The van der Waals surface area contributed by atoms with E-state index in [0.29, 0.717) is 24.6 Å². The standard InChI is InChI=1S/C16H29NO/c1-10(2)6-12(9-18)17-16-8-11-7-15(16)14-5-3-4-13(11)14/h10-18H,3-9H2,1-2H3. The Morgan fingerprint density at radius 2 is 1.89 bits per heavy atom. The minimum absolute atomic E-state index is 0.306. The maximum absolute atomic E-state index is 9.53. The molecule has 0 aromatic carbocycles. The molecule has 6 unspecified atom stereocenters. The Balaban J connectivity index is 1.58. The molecule has 0 radical (unpaired) electrons. The highest BCUT2D eigenvalue weighted by molar-refractivity contribution is 5.06. The van der Waals surface area contributed by atoms with Crippen LogP contribution in [0.3, 0.4) is 0 Å². The Kier molecular flexibility index (Phi) is 3.68. The first-order valence-electron chi connectivity index (χ1n) is 8.06. The van der Waals surface area contributed by atoms with Crippen LogP contribution in [-0.2, 0) is 0 Å². The first-order chi connectivity index (χ1) is 8.69. The van der Waals surface area contributed by atoms with Gasteiger partial charge >= 0.3 is 0 Å². The molecule has 104 valence electrons. The van der Waals surface area contributed by atoms with Crippen LogP contribution in [0.4, 0.5) is 0 Å². The lowest BCUT2D eigenvalue weighted by Gasteiger charge is -2.34. The highest BCUT2D eigenvalue weighted by atomic mass is 16.3. The zero-order valence-electron chi connectivity index (χ0n) is 11.9. The third-order valence-corrected chi connectivity index (χ3v) is 5.85. The monoisotopic (exact) mass is 251 g/mol. The van der Waals surface area contributed by atoms with Crippen molar-refractivity contribution in [3.8, 4) is 0 Å². The van der Waals surface area contributed by atoms with E-state index in [1.165, 1.54) is 32.1 Å². The predicted molar refractivity (Wildman–Crippen MR) is 74.3 cm³/mol. The highest BCUT2D eigenvalue weighted by Gasteiger charge is 2.53. The molecule has 0 amide bonds. The number of hydrogen-bond acceptors (Lipinski definition) is 2. The van der Waals surface area contributed by atoms with Crippen LogP contribution in [0.25, 0.3) is 0 Å². The second-order valence-electron chi connectivity index (χ2n) is 7.44. The largest absolute Gasteiger partial charge is 0.395 e. The van der Waals surface area contributed by atoms with Crippen LogP contribution in [0.1, 0.15) is 52.4 Å². The fraction of sp³-hybridized carbons (Fsp3) is 1.00. The molecule has 0 heterocycles. The summed E-state index contributed by atoms with van der Waals surface area (Å²) < 4.78 is 0. The molecule has 2 heteroatoms. The summed E-state index contributed by atoms with van der Waals surface area (Å²) in [6, 6.07) is 1.04. The second kappa shape index (κ2) is 5.13. The molecule has 0 aromatic heterocycles. The van der Waals surface area contributed by atoms with Crippen molar-refractivity contribution in [1.82, 2.24) is 5.32 Å². The highest BCUT2D eigenvalue weighted by Crippen LogP contribution is 2.58. The van der Waals surface area contributed by atoms with Crippen molar-refractivity contribution in [1.29, 1.82) is 0 Å². The van der Waals surface area contributed by atoms with Gasteiger partial charge in [0.2, 0.25) is 0 Å².